The van der Waals surface area contributed by atoms with Crippen molar-refractivity contribution in [1.29, 1.82) is 0 Å². The third kappa shape index (κ3) is 2.68. The number of phenolic OH excluding ortho intramolecular Hbond substituents is 1. The van der Waals surface area contributed by atoms with Gasteiger partial charge in [-0.05, 0) is 31.4 Å². The summed E-state index contributed by atoms with van der Waals surface area (Å²) in [5.41, 5.74) is 1.04. The van der Waals surface area contributed by atoms with Gasteiger partial charge in [0.25, 0.3) is 5.79 Å². The van der Waals surface area contributed by atoms with Crippen LogP contribution >= 0.6 is 0 Å². The SMILES string of the molecule is COc1c2c(c(O)c3c4c(c(C)cc13)C(C)C1OC(OC)(C(C=O)C=O)[C@]3(CO3)[C@]1(OC)O4)C(=O)CCC2. The Morgan fingerprint density at radius 1 is 1.16 bits per heavy atom. The van der Waals surface area contributed by atoms with Crippen LogP contribution in [0.3, 0.4) is 0 Å². The molecule has 2 aromatic rings. The summed E-state index contributed by atoms with van der Waals surface area (Å²) in [5.74, 6) is -4.68. The maximum atomic E-state index is 13.0. The predicted molar refractivity (Wildman–Crippen MR) is 132 cm³/mol. The molecule has 1 spiro atoms. The van der Waals surface area contributed by atoms with E-state index in [0.717, 1.165) is 11.1 Å². The van der Waals surface area contributed by atoms with E-state index in [2.05, 4.69) is 0 Å². The number of phenols is 1. The number of hydrogen-bond donors (Lipinski definition) is 1. The van der Waals surface area contributed by atoms with E-state index in [4.69, 9.17) is 28.4 Å². The molecule has 0 bridgehead atoms. The van der Waals surface area contributed by atoms with Gasteiger partial charge in [0.15, 0.2) is 5.78 Å². The fourth-order valence-electron chi connectivity index (χ4n) is 7.17. The van der Waals surface area contributed by atoms with E-state index < -0.39 is 35.1 Å². The third-order valence-electron chi connectivity index (χ3n) is 8.87. The summed E-state index contributed by atoms with van der Waals surface area (Å²) in [6.45, 7) is 3.87. The van der Waals surface area contributed by atoms with E-state index in [9.17, 15) is 19.5 Å². The Morgan fingerprint density at radius 2 is 1.87 bits per heavy atom. The van der Waals surface area contributed by atoms with E-state index in [1.807, 2.05) is 19.9 Å². The van der Waals surface area contributed by atoms with Crippen molar-refractivity contribution in [1.82, 2.24) is 0 Å². The molecule has 10 heteroatoms. The highest BCUT2D eigenvalue weighted by molar-refractivity contribution is 6.11. The van der Waals surface area contributed by atoms with Crippen molar-refractivity contribution < 1.29 is 47.9 Å². The van der Waals surface area contributed by atoms with Crippen LogP contribution in [0.5, 0.6) is 17.2 Å². The first-order chi connectivity index (χ1) is 18.2. The summed E-state index contributed by atoms with van der Waals surface area (Å²) in [5, 5.41) is 12.5. The summed E-state index contributed by atoms with van der Waals surface area (Å²) in [6, 6.07) is 1.91. The quantitative estimate of drug-likeness (QED) is 0.341. The predicted octanol–water partition coefficient (Wildman–Crippen LogP) is 2.74. The Bertz CT molecular complexity index is 1390. The van der Waals surface area contributed by atoms with Crippen molar-refractivity contribution in [3.8, 4) is 17.2 Å². The van der Waals surface area contributed by atoms with E-state index in [1.54, 1.807) is 7.11 Å². The number of fused-ring (bicyclic) bond motifs is 6. The molecule has 0 radical (unpaired) electrons. The Hall–Kier alpha value is -3.05. The summed E-state index contributed by atoms with van der Waals surface area (Å²) < 4.78 is 36.7. The second-order valence-corrected chi connectivity index (χ2v) is 10.5. The molecule has 10 nitrogen and oxygen atoms in total. The van der Waals surface area contributed by atoms with Gasteiger partial charge < -0.3 is 43.1 Å². The number of ether oxygens (including phenoxy) is 6. The van der Waals surface area contributed by atoms with Gasteiger partial charge in [-0.25, -0.2) is 0 Å². The van der Waals surface area contributed by atoms with Gasteiger partial charge in [0.05, 0.1) is 24.7 Å². The van der Waals surface area contributed by atoms with Crippen LogP contribution in [0.15, 0.2) is 6.07 Å². The van der Waals surface area contributed by atoms with Crippen LogP contribution in [-0.4, -0.2) is 74.7 Å². The van der Waals surface area contributed by atoms with Crippen molar-refractivity contribution in [3.05, 3.63) is 28.3 Å². The first-order valence-electron chi connectivity index (χ1n) is 12.7. The Labute approximate surface area is 219 Å². The van der Waals surface area contributed by atoms with E-state index in [1.165, 1.54) is 14.2 Å². The molecule has 202 valence electrons. The number of hydrogen-bond acceptors (Lipinski definition) is 10. The van der Waals surface area contributed by atoms with Crippen molar-refractivity contribution in [3.63, 3.8) is 0 Å². The van der Waals surface area contributed by atoms with E-state index in [-0.39, 0.29) is 23.7 Å². The molecule has 1 N–H and O–H groups in total. The molecule has 3 heterocycles. The third-order valence-corrected chi connectivity index (χ3v) is 8.87. The van der Waals surface area contributed by atoms with Crippen LogP contribution in [0.25, 0.3) is 10.8 Å². The standard InChI is InChI=1S/C28H30O10/c1-13-9-17-21(22(32)20-16(23(17)33-3)7-6-8-18(20)31)24-19(13)14(2)25-28(35-5,37-24)26(12-36-26)27(34-4,38-25)15(10-29)11-30/h9-11,14-15,25,32H,6-8,12H2,1-5H3/t14?,25?,26-,27?,28-/m1/s1. The minimum Gasteiger partial charge on any atom is -0.506 e. The second-order valence-electron chi connectivity index (χ2n) is 10.5. The summed E-state index contributed by atoms with van der Waals surface area (Å²) in [6.07, 6.45) is 1.69. The normalized spacial score (nSPS) is 33.1. The summed E-state index contributed by atoms with van der Waals surface area (Å²) >= 11 is 0. The highest BCUT2D eigenvalue weighted by Gasteiger charge is 2.88. The smallest absolute Gasteiger partial charge is 0.274 e. The van der Waals surface area contributed by atoms with Crippen molar-refractivity contribution >= 4 is 29.1 Å². The average molecular weight is 527 g/mol. The molecule has 1 aliphatic carbocycles. The molecule has 3 unspecified atom stereocenters. The molecule has 38 heavy (non-hydrogen) atoms. The molecule has 2 aromatic carbocycles. The van der Waals surface area contributed by atoms with Crippen LogP contribution in [0.4, 0.5) is 0 Å². The van der Waals surface area contributed by atoms with Crippen LogP contribution in [0, 0.1) is 12.8 Å². The zero-order chi connectivity index (χ0) is 27.2. The zero-order valence-electron chi connectivity index (χ0n) is 21.9. The number of aldehydes is 2. The number of Topliss-reactive ketones (excluding diaryl/α,β-unsaturated/α-hetero) is 1. The van der Waals surface area contributed by atoms with E-state index in [0.29, 0.717) is 59.7 Å². The molecule has 3 aliphatic heterocycles. The maximum Gasteiger partial charge on any atom is 0.274 e. The van der Waals surface area contributed by atoms with Gasteiger partial charge in [-0.2, -0.15) is 0 Å². The number of rotatable bonds is 6. The van der Waals surface area contributed by atoms with Gasteiger partial charge >= 0.3 is 0 Å². The van der Waals surface area contributed by atoms with Gasteiger partial charge in [-0.15, -0.1) is 0 Å². The lowest BCUT2D eigenvalue weighted by Crippen LogP contribution is -2.64. The molecule has 2 fully saturated rings. The minimum absolute atomic E-state index is 0.0400. The number of carbonyl (C=O) groups excluding carboxylic acids is 3. The molecule has 0 saturated carbocycles. The Kier molecular flexibility index (Phi) is 5.46. The fraction of sp³-hybridized carbons (Fsp3) is 0.536. The molecule has 6 rings (SSSR count). The van der Waals surface area contributed by atoms with Crippen LogP contribution in [-0.2, 0) is 35.0 Å². The molecule has 0 aromatic heterocycles. The number of ketones is 1. The molecular weight excluding hydrogens is 496 g/mol. The van der Waals surface area contributed by atoms with Crippen LogP contribution in [0.1, 0.15) is 52.7 Å². The van der Waals surface area contributed by atoms with Gasteiger partial charge in [0.2, 0.25) is 11.4 Å². The number of aryl methyl sites for hydroxylation is 1. The lowest BCUT2D eigenvalue weighted by atomic mass is 9.76. The fourth-order valence-corrected chi connectivity index (χ4v) is 7.17. The van der Waals surface area contributed by atoms with Gasteiger partial charge in [-0.1, -0.05) is 6.92 Å². The molecule has 2 saturated heterocycles. The highest BCUT2D eigenvalue weighted by atomic mass is 16.8. The average Bonchev–Trinajstić information content (AvgIpc) is 3.68. The Balaban J connectivity index is 1.67. The number of benzene rings is 2. The molecule has 5 atom stereocenters. The van der Waals surface area contributed by atoms with Crippen molar-refractivity contribution in [2.75, 3.05) is 27.9 Å². The van der Waals surface area contributed by atoms with Crippen molar-refractivity contribution in [2.24, 2.45) is 5.92 Å². The number of epoxide rings is 1. The second kappa shape index (κ2) is 8.22. The van der Waals surface area contributed by atoms with Crippen LogP contribution in [0.2, 0.25) is 0 Å². The monoisotopic (exact) mass is 526 g/mol. The van der Waals surface area contributed by atoms with Gasteiger partial charge in [-0.3, -0.25) is 4.79 Å². The number of aromatic hydroxyl groups is 1. The molecular formula is C28H30O10. The lowest BCUT2D eigenvalue weighted by molar-refractivity contribution is -0.254. The summed E-state index contributed by atoms with van der Waals surface area (Å²) in [7, 11) is 4.32. The van der Waals surface area contributed by atoms with Crippen LogP contribution < -0.4 is 9.47 Å². The zero-order valence-corrected chi connectivity index (χ0v) is 21.9. The lowest BCUT2D eigenvalue weighted by Gasteiger charge is -2.44. The first-order valence-corrected chi connectivity index (χ1v) is 12.7. The Morgan fingerprint density at radius 3 is 2.45 bits per heavy atom. The summed E-state index contributed by atoms with van der Waals surface area (Å²) in [4.78, 5) is 37.0. The van der Waals surface area contributed by atoms with Gasteiger partial charge in [0.1, 0.15) is 41.8 Å². The maximum absolute atomic E-state index is 13.0. The largest absolute Gasteiger partial charge is 0.506 e. The topological polar surface area (TPSA) is 130 Å². The van der Waals surface area contributed by atoms with Gasteiger partial charge in [0, 0.05) is 43.1 Å². The number of methoxy groups -OCH3 is 3. The van der Waals surface area contributed by atoms with Crippen molar-refractivity contribution in [2.45, 2.75) is 62.3 Å². The first kappa shape index (κ1) is 25.2. The molecule has 0 amide bonds. The van der Waals surface area contributed by atoms with E-state index >= 15 is 0 Å². The number of carbonyl (C=O) groups is 3. The highest BCUT2D eigenvalue weighted by Crippen LogP contribution is 2.66. The molecule has 4 aliphatic rings. The minimum atomic E-state index is -1.80.